The number of rotatable bonds is 6. The van der Waals surface area contributed by atoms with Gasteiger partial charge in [0.1, 0.15) is 5.71 Å². The summed E-state index contributed by atoms with van der Waals surface area (Å²) < 4.78 is 7.24. The molecule has 5 aromatic carbocycles. The highest BCUT2D eigenvalue weighted by Crippen LogP contribution is 2.54. The summed E-state index contributed by atoms with van der Waals surface area (Å²) in [7, 11) is 0. The fourth-order valence-corrected chi connectivity index (χ4v) is 5.45. The van der Waals surface area contributed by atoms with Crippen LogP contribution < -0.4 is 10.1 Å². The fourth-order valence-electron chi connectivity index (χ4n) is 5.45. The van der Waals surface area contributed by atoms with Gasteiger partial charge in [-0.15, -0.1) is 0 Å². The minimum Gasteiger partial charge on any atom is -0.318 e. The van der Waals surface area contributed by atoms with E-state index in [2.05, 4.69) is 10.1 Å². The van der Waals surface area contributed by atoms with Crippen LogP contribution in [0.3, 0.4) is 0 Å². The number of non-ortho nitro benzene ring substituents is 1. The van der Waals surface area contributed by atoms with Gasteiger partial charge in [0.2, 0.25) is 5.72 Å². The van der Waals surface area contributed by atoms with Gasteiger partial charge in [-0.25, -0.2) is 0 Å². The number of hydrazine groups is 2. The second-order valence-electron chi connectivity index (χ2n) is 9.74. The van der Waals surface area contributed by atoms with Crippen LogP contribution in [0.5, 0.6) is 0 Å². The van der Waals surface area contributed by atoms with Gasteiger partial charge in [-0.1, -0.05) is 102 Å². The van der Waals surface area contributed by atoms with E-state index in [9.17, 15) is 10.1 Å². The van der Waals surface area contributed by atoms with E-state index in [1.165, 1.54) is 12.1 Å². The Morgan fingerprint density at radius 3 is 1.80 bits per heavy atom. The average molecular weight is 540 g/mol. The summed E-state index contributed by atoms with van der Waals surface area (Å²) in [5.74, 6) is 0. The molecule has 1 saturated heterocycles. The molecule has 0 aliphatic carbocycles. The Balaban J connectivity index is 1.51. The summed E-state index contributed by atoms with van der Waals surface area (Å²) in [5.41, 5.74) is 3.88. The molecular weight excluding hydrogens is 514 g/mol. The van der Waals surface area contributed by atoms with Crippen molar-refractivity contribution in [1.82, 2.24) is 5.12 Å². The maximum atomic E-state index is 11.4. The number of anilines is 2. The molecule has 0 radical (unpaired) electrons. The number of nitro benzene ring substituents is 1. The minimum absolute atomic E-state index is 0.0220. The minimum atomic E-state index is -1.17. The average Bonchev–Trinajstić information content (AvgIpc) is 3.57. The van der Waals surface area contributed by atoms with Gasteiger partial charge in [0.25, 0.3) is 5.69 Å². The highest BCUT2D eigenvalue weighted by Gasteiger charge is 2.63. The largest absolute Gasteiger partial charge is 0.318 e. The smallest absolute Gasteiger partial charge is 0.269 e. The number of hydrazone groups is 1. The molecule has 2 atom stereocenters. The van der Waals surface area contributed by atoms with Crippen LogP contribution in [0.4, 0.5) is 17.1 Å². The van der Waals surface area contributed by atoms with Crippen molar-refractivity contribution in [3.05, 3.63) is 172 Å². The first-order valence-electron chi connectivity index (χ1n) is 13.3. The monoisotopic (exact) mass is 539 g/mol. The van der Waals surface area contributed by atoms with Crippen molar-refractivity contribution in [2.75, 3.05) is 10.1 Å². The zero-order valence-corrected chi connectivity index (χ0v) is 21.9. The lowest BCUT2D eigenvalue weighted by molar-refractivity contribution is -0.384. The van der Waals surface area contributed by atoms with E-state index in [4.69, 9.17) is 9.84 Å². The summed E-state index contributed by atoms with van der Waals surface area (Å²) in [4.78, 5) is 11.1. The molecule has 41 heavy (non-hydrogen) atoms. The van der Waals surface area contributed by atoms with Gasteiger partial charge in [0.05, 0.1) is 16.3 Å². The highest BCUT2D eigenvalue weighted by atomic mass is 16.6. The van der Waals surface area contributed by atoms with Crippen molar-refractivity contribution < 1.29 is 9.66 Å². The lowest BCUT2D eigenvalue weighted by Crippen LogP contribution is -2.55. The molecule has 0 aromatic heterocycles. The third-order valence-electron chi connectivity index (χ3n) is 7.29. The van der Waals surface area contributed by atoms with Crippen LogP contribution in [0, 0.1) is 10.1 Å². The molecule has 0 spiro atoms. The Bertz CT molecular complexity index is 1700. The Labute approximate surface area is 237 Å². The van der Waals surface area contributed by atoms with Crippen molar-refractivity contribution in [3.8, 4) is 0 Å². The number of benzene rings is 5. The standard InChI is InChI=1S/C33H25N5O3/c39-37(40)30-23-21-26(22-24-30)32-35(28-17-9-3-10-18-28)38-33(41-32,27-15-7-2-8-16-27)31(25-13-5-1-6-14-25)34-36(38)29-19-11-4-12-20-29/h1-24,32H. The van der Waals surface area contributed by atoms with Crippen LogP contribution >= 0.6 is 0 Å². The maximum Gasteiger partial charge on any atom is 0.269 e. The molecule has 8 heteroatoms. The predicted molar refractivity (Wildman–Crippen MR) is 158 cm³/mol. The van der Waals surface area contributed by atoms with Crippen molar-refractivity contribution >= 4 is 22.8 Å². The predicted octanol–water partition coefficient (Wildman–Crippen LogP) is 7.04. The van der Waals surface area contributed by atoms with Crippen LogP contribution in [-0.2, 0) is 10.5 Å². The maximum absolute atomic E-state index is 11.4. The summed E-state index contributed by atoms with van der Waals surface area (Å²) in [6, 6.07) is 46.5. The number of hydrogen-bond donors (Lipinski definition) is 0. The molecule has 1 fully saturated rings. The van der Waals surface area contributed by atoms with Gasteiger partial charge in [0.15, 0.2) is 6.23 Å². The van der Waals surface area contributed by atoms with Gasteiger partial charge < -0.3 is 4.74 Å². The third-order valence-corrected chi connectivity index (χ3v) is 7.29. The van der Waals surface area contributed by atoms with Crippen LogP contribution in [-0.4, -0.2) is 15.8 Å². The molecular formula is C33H25N5O3. The molecule has 2 heterocycles. The molecule has 200 valence electrons. The zero-order valence-electron chi connectivity index (χ0n) is 21.9. The topological polar surface area (TPSA) is 74.4 Å². The number of ether oxygens (including phenoxy) is 1. The molecule has 0 N–H and O–H groups in total. The number of nitro groups is 1. The third kappa shape index (κ3) is 4.05. The van der Waals surface area contributed by atoms with Crippen molar-refractivity contribution in [2.45, 2.75) is 12.0 Å². The number of para-hydroxylation sites is 2. The SMILES string of the molecule is O=[N+]([O-])c1ccc(C2OC3(c4ccccc4)C(c4ccccc4)=NN(c4ccccc4)N3N2c2ccccc2)cc1. The van der Waals surface area contributed by atoms with Crippen molar-refractivity contribution in [1.29, 1.82) is 0 Å². The Morgan fingerprint density at radius 1 is 0.683 bits per heavy atom. The second kappa shape index (κ2) is 10.0. The molecule has 0 bridgehead atoms. The lowest BCUT2D eigenvalue weighted by atomic mass is 9.93. The normalized spacial score (nSPS) is 20.1. The molecule has 8 nitrogen and oxygen atoms in total. The van der Waals surface area contributed by atoms with Crippen molar-refractivity contribution in [3.63, 3.8) is 0 Å². The quantitative estimate of drug-likeness (QED) is 0.170. The molecule has 7 rings (SSSR count). The first-order chi connectivity index (χ1) is 20.2. The van der Waals surface area contributed by atoms with E-state index in [0.717, 1.165) is 33.8 Å². The second-order valence-corrected chi connectivity index (χ2v) is 9.74. The Kier molecular flexibility index (Phi) is 6.04. The summed E-state index contributed by atoms with van der Waals surface area (Å²) in [5, 5.41) is 22.7. The van der Waals surface area contributed by atoms with Crippen molar-refractivity contribution in [2.24, 2.45) is 5.10 Å². The molecule has 2 aliphatic heterocycles. The molecule has 2 unspecified atom stereocenters. The van der Waals surface area contributed by atoms with E-state index in [1.54, 1.807) is 12.1 Å². The van der Waals surface area contributed by atoms with Gasteiger partial charge >= 0.3 is 0 Å². The first-order valence-corrected chi connectivity index (χ1v) is 13.3. The van der Waals surface area contributed by atoms with Gasteiger partial charge in [-0.05, 0) is 36.4 Å². The lowest BCUT2D eigenvalue weighted by Gasteiger charge is -2.39. The first kappa shape index (κ1) is 24.7. The van der Waals surface area contributed by atoms with E-state index < -0.39 is 16.9 Å². The van der Waals surface area contributed by atoms with E-state index in [1.807, 2.05) is 126 Å². The number of fused-ring (bicyclic) bond motifs is 1. The summed E-state index contributed by atoms with van der Waals surface area (Å²) in [6.07, 6.45) is -0.640. The van der Waals surface area contributed by atoms with Gasteiger partial charge in [-0.2, -0.15) is 10.2 Å². The van der Waals surface area contributed by atoms with Crippen LogP contribution in [0.1, 0.15) is 22.9 Å². The Hall–Kier alpha value is -5.31. The number of hydrogen-bond acceptors (Lipinski definition) is 7. The van der Waals surface area contributed by atoms with Crippen LogP contribution in [0.25, 0.3) is 0 Å². The van der Waals surface area contributed by atoms with E-state index in [0.29, 0.717) is 0 Å². The summed E-state index contributed by atoms with van der Waals surface area (Å²) in [6.45, 7) is 0. The van der Waals surface area contributed by atoms with Gasteiger partial charge in [-0.3, -0.25) is 15.1 Å². The molecule has 0 amide bonds. The van der Waals surface area contributed by atoms with Gasteiger partial charge in [0, 0.05) is 28.8 Å². The van der Waals surface area contributed by atoms with Crippen LogP contribution in [0.2, 0.25) is 0 Å². The fraction of sp³-hybridized carbons (Fsp3) is 0.0606. The molecule has 2 aliphatic rings. The summed E-state index contributed by atoms with van der Waals surface area (Å²) >= 11 is 0. The number of nitrogens with zero attached hydrogens (tertiary/aromatic N) is 5. The van der Waals surface area contributed by atoms with E-state index >= 15 is 0 Å². The highest BCUT2D eigenvalue weighted by molar-refractivity contribution is 6.09. The van der Waals surface area contributed by atoms with E-state index in [-0.39, 0.29) is 5.69 Å². The Morgan fingerprint density at radius 2 is 1.22 bits per heavy atom. The molecule has 0 saturated carbocycles. The zero-order chi connectivity index (χ0) is 27.8. The molecule has 5 aromatic rings. The van der Waals surface area contributed by atoms with Crippen LogP contribution in [0.15, 0.2) is 151 Å².